The van der Waals surface area contributed by atoms with E-state index in [0.29, 0.717) is 17.9 Å². The van der Waals surface area contributed by atoms with Gasteiger partial charge >= 0.3 is 5.97 Å². The molecule has 0 unspecified atom stereocenters. The molecule has 22 heavy (non-hydrogen) atoms. The summed E-state index contributed by atoms with van der Waals surface area (Å²) in [6.45, 7) is 2.63. The SMILES string of the molecule is CCCCCCOC(=O)c1cccc(Oc2ccccc2)c1. The Hall–Kier alpha value is -2.29. The molecule has 0 aromatic heterocycles. The number of carbonyl (C=O) groups is 1. The van der Waals surface area contributed by atoms with E-state index in [1.807, 2.05) is 36.4 Å². The van der Waals surface area contributed by atoms with Crippen molar-refractivity contribution < 1.29 is 14.3 Å². The Labute approximate surface area is 131 Å². The fourth-order valence-corrected chi connectivity index (χ4v) is 2.09. The van der Waals surface area contributed by atoms with Crippen LogP contribution in [0.1, 0.15) is 43.0 Å². The van der Waals surface area contributed by atoms with Crippen molar-refractivity contribution in [2.24, 2.45) is 0 Å². The van der Waals surface area contributed by atoms with Crippen molar-refractivity contribution in [2.75, 3.05) is 6.61 Å². The largest absolute Gasteiger partial charge is 0.462 e. The third kappa shape index (κ3) is 5.24. The highest BCUT2D eigenvalue weighted by atomic mass is 16.5. The first kappa shape index (κ1) is 16.1. The Morgan fingerprint density at radius 3 is 2.45 bits per heavy atom. The number of benzene rings is 2. The molecule has 3 nitrogen and oxygen atoms in total. The van der Waals surface area contributed by atoms with E-state index < -0.39 is 0 Å². The second-order valence-electron chi connectivity index (χ2n) is 5.14. The van der Waals surface area contributed by atoms with Gasteiger partial charge in [0.15, 0.2) is 0 Å². The van der Waals surface area contributed by atoms with Crippen molar-refractivity contribution in [3.8, 4) is 11.5 Å². The summed E-state index contributed by atoms with van der Waals surface area (Å²) in [4.78, 5) is 12.0. The molecular formula is C19H22O3. The molecule has 0 aliphatic rings. The molecule has 0 saturated heterocycles. The summed E-state index contributed by atoms with van der Waals surface area (Å²) in [6, 6.07) is 16.6. The normalized spacial score (nSPS) is 10.2. The first-order valence-corrected chi connectivity index (χ1v) is 7.79. The minimum atomic E-state index is -0.296. The van der Waals surface area contributed by atoms with Gasteiger partial charge in [0.25, 0.3) is 0 Å². The molecule has 2 aromatic carbocycles. The zero-order chi connectivity index (χ0) is 15.6. The lowest BCUT2D eigenvalue weighted by molar-refractivity contribution is 0.0497. The van der Waals surface area contributed by atoms with Crippen LogP contribution in [-0.2, 0) is 4.74 Å². The van der Waals surface area contributed by atoms with Gasteiger partial charge in [-0.25, -0.2) is 4.79 Å². The zero-order valence-electron chi connectivity index (χ0n) is 13.0. The van der Waals surface area contributed by atoms with E-state index >= 15 is 0 Å². The number of hydrogen-bond donors (Lipinski definition) is 0. The minimum Gasteiger partial charge on any atom is -0.462 e. The van der Waals surface area contributed by atoms with Crippen LogP contribution in [0, 0.1) is 0 Å². The van der Waals surface area contributed by atoms with Crippen molar-refractivity contribution in [1.82, 2.24) is 0 Å². The van der Waals surface area contributed by atoms with E-state index in [-0.39, 0.29) is 5.97 Å². The van der Waals surface area contributed by atoms with Gasteiger partial charge in [0, 0.05) is 0 Å². The Balaban J connectivity index is 1.89. The third-order valence-corrected chi connectivity index (χ3v) is 3.28. The molecular weight excluding hydrogens is 276 g/mol. The molecule has 0 N–H and O–H groups in total. The van der Waals surface area contributed by atoms with Gasteiger partial charge in [0.05, 0.1) is 12.2 Å². The predicted octanol–water partition coefficient (Wildman–Crippen LogP) is 5.22. The number of ether oxygens (including phenoxy) is 2. The second-order valence-corrected chi connectivity index (χ2v) is 5.14. The highest BCUT2D eigenvalue weighted by Gasteiger charge is 2.08. The van der Waals surface area contributed by atoms with Crippen LogP contribution in [0.4, 0.5) is 0 Å². The highest BCUT2D eigenvalue weighted by molar-refractivity contribution is 5.89. The van der Waals surface area contributed by atoms with Crippen LogP contribution >= 0.6 is 0 Å². The molecule has 0 radical (unpaired) electrons. The zero-order valence-corrected chi connectivity index (χ0v) is 13.0. The molecule has 0 heterocycles. The molecule has 0 fully saturated rings. The monoisotopic (exact) mass is 298 g/mol. The van der Waals surface area contributed by atoms with Crippen molar-refractivity contribution in [2.45, 2.75) is 32.6 Å². The summed E-state index contributed by atoms with van der Waals surface area (Å²) in [5.41, 5.74) is 0.518. The molecule has 0 atom stereocenters. The number of unbranched alkanes of at least 4 members (excludes halogenated alkanes) is 3. The van der Waals surface area contributed by atoms with E-state index in [0.717, 1.165) is 18.6 Å². The van der Waals surface area contributed by atoms with E-state index in [2.05, 4.69) is 6.92 Å². The lowest BCUT2D eigenvalue weighted by Crippen LogP contribution is -2.06. The van der Waals surface area contributed by atoms with Gasteiger partial charge < -0.3 is 9.47 Å². The minimum absolute atomic E-state index is 0.296. The van der Waals surface area contributed by atoms with Gasteiger partial charge in [-0.15, -0.1) is 0 Å². The van der Waals surface area contributed by atoms with E-state index in [1.54, 1.807) is 18.2 Å². The fourth-order valence-electron chi connectivity index (χ4n) is 2.09. The number of esters is 1. The van der Waals surface area contributed by atoms with Crippen LogP contribution in [0.3, 0.4) is 0 Å². The molecule has 2 rings (SSSR count). The molecule has 0 saturated carbocycles. The Kier molecular flexibility index (Phi) is 6.49. The maximum Gasteiger partial charge on any atom is 0.338 e. The molecule has 0 aliphatic carbocycles. The number of carbonyl (C=O) groups excluding carboxylic acids is 1. The molecule has 0 bridgehead atoms. The van der Waals surface area contributed by atoms with Gasteiger partial charge in [-0.2, -0.15) is 0 Å². The van der Waals surface area contributed by atoms with Crippen LogP contribution < -0.4 is 4.74 Å². The summed E-state index contributed by atoms with van der Waals surface area (Å²) < 4.78 is 11.0. The maximum absolute atomic E-state index is 12.0. The van der Waals surface area contributed by atoms with Crippen LogP contribution in [0.5, 0.6) is 11.5 Å². The van der Waals surface area contributed by atoms with Crippen molar-refractivity contribution in [3.05, 3.63) is 60.2 Å². The van der Waals surface area contributed by atoms with Crippen LogP contribution in [0.2, 0.25) is 0 Å². The Bertz CT molecular complexity index is 578. The van der Waals surface area contributed by atoms with Crippen molar-refractivity contribution >= 4 is 5.97 Å². The summed E-state index contributed by atoms with van der Waals surface area (Å²) in [5, 5.41) is 0. The molecule has 0 aliphatic heterocycles. The smallest absolute Gasteiger partial charge is 0.338 e. The molecule has 2 aromatic rings. The molecule has 116 valence electrons. The summed E-state index contributed by atoms with van der Waals surface area (Å²) >= 11 is 0. The van der Waals surface area contributed by atoms with E-state index in [9.17, 15) is 4.79 Å². The topological polar surface area (TPSA) is 35.5 Å². The number of rotatable bonds is 8. The summed E-state index contributed by atoms with van der Waals surface area (Å²) in [6.07, 6.45) is 4.37. The van der Waals surface area contributed by atoms with Gasteiger partial charge in [-0.1, -0.05) is 50.5 Å². The van der Waals surface area contributed by atoms with E-state index in [1.165, 1.54) is 12.8 Å². The first-order chi connectivity index (χ1) is 10.8. The average molecular weight is 298 g/mol. The average Bonchev–Trinajstić information content (AvgIpc) is 2.56. The first-order valence-electron chi connectivity index (χ1n) is 7.79. The summed E-state index contributed by atoms with van der Waals surface area (Å²) in [7, 11) is 0. The van der Waals surface area contributed by atoms with Gasteiger partial charge in [-0.05, 0) is 36.8 Å². The fraction of sp³-hybridized carbons (Fsp3) is 0.316. The highest BCUT2D eigenvalue weighted by Crippen LogP contribution is 2.22. The number of hydrogen-bond acceptors (Lipinski definition) is 3. The van der Waals surface area contributed by atoms with Gasteiger partial charge in [0.2, 0.25) is 0 Å². The Morgan fingerprint density at radius 2 is 1.68 bits per heavy atom. The molecule has 3 heteroatoms. The summed E-state index contributed by atoms with van der Waals surface area (Å²) in [5.74, 6) is 1.08. The maximum atomic E-state index is 12.0. The van der Waals surface area contributed by atoms with Crippen molar-refractivity contribution in [1.29, 1.82) is 0 Å². The molecule has 0 spiro atoms. The Morgan fingerprint density at radius 1 is 0.909 bits per heavy atom. The lowest BCUT2D eigenvalue weighted by atomic mass is 10.2. The third-order valence-electron chi connectivity index (χ3n) is 3.28. The number of para-hydroxylation sites is 1. The quantitative estimate of drug-likeness (QED) is 0.495. The standard InChI is InChI=1S/C19H22O3/c1-2-3-4-8-14-21-19(20)16-10-9-13-18(15-16)22-17-11-6-5-7-12-17/h5-7,9-13,15H,2-4,8,14H2,1H3. The predicted molar refractivity (Wildman–Crippen MR) is 87.4 cm³/mol. The van der Waals surface area contributed by atoms with E-state index in [4.69, 9.17) is 9.47 Å². The van der Waals surface area contributed by atoms with Crippen LogP contribution in [0.25, 0.3) is 0 Å². The molecule has 0 amide bonds. The van der Waals surface area contributed by atoms with Crippen molar-refractivity contribution in [3.63, 3.8) is 0 Å². The van der Waals surface area contributed by atoms with Gasteiger partial charge in [-0.3, -0.25) is 0 Å². The lowest BCUT2D eigenvalue weighted by Gasteiger charge is -2.08. The van der Waals surface area contributed by atoms with Crippen LogP contribution in [0.15, 0.2) is 54.6 Å². The van der Waals surface area contributed by atoms with Crippen LogP contribution in [-0.4, -0.2) is 12.6 Å². The second kappa shape index (κ2) is 8.88. The van der Waals surface area contributed by atoms with Gasteiger partial charge in [0.1, 0.15) is 11.5 Å².